The van der Waals surface area contributed by atoms with Gasteiger partial charge in [-0.1, -0.05) is 25.4 Å². The van der Waals surface area contributed by atoms with Crippen molar-refractivity contribution in [1.29, 1.82) is 0 Å². The summed E-state index contributed by atoms with van der Waals surface area (Å²) in [7, 11) is 0. The van der Waals surface area contributed by atoms with Crippen LogP contribution >= 0.6 is 11.6 Å². The number of aryl methyl sites for hydroxylation is 1. The van der Waals surface area contributed by atoms with E-state index in [1.54, 1.807) is 33.8 Å². The van der Waals surface area contributed by atoms with E-state index >= 15 is 0 Å². The van der Waals surface area contributed by atoms with Crippen molar-refractivity contribution in [3.05, 3.63) is 46.7 Å². The quantitative estimate of drug-likeness (QED) is 0.725. The zero-order chi connectivity index (χ0) is 21.8. The molecular weight excluding hydrogens is 404 g/mol. The van der Waals surface area contributed by atoms with Gasteiger partial charge in [-0.05, 0) is 43.2 Å². The third-order valence-electron chi connectivity index (χ3n) is 5.42. The van der Waals surface area contributed by atoms with E-state index in [1.165, 1.54) is 0 Å². The average molecular weight is 433 g/mol. The topological polar surface area (TPSA) is 90.4 Å². The maximum absolute atomic E-state index is 13.2. The summed E-state index contributed by atoms with van der Waals surface area (Å²) in [5.41, 5.74) is 6.96. The summed E-state index contributed by atoms with van der Waals surface area (Å²) in [6.07, 6.45) is 0.570. The maximum Gasteiger partial charge on any atom is 0.272 e. The molecule has 2 atom stereocenters. The van der Waals surface area contributed by atoms with Crippen LogP contribution in [0.3, 0.4) is 0 Å². The number of ether oxygens (including phenoxy) is 1. The fraction of sp³-hybridized carbons (Fsp3) is 0.500. The summed E-state index contributed by atoms with van der Waals surface area (Å²) in [6.45, 7) is 7.65. The second kappa shape index (κ2) is 9.51. The van der Waals surface area contributed by atoms with Crippen molar-refractivity contribution in [3.8, 4) is 5.75 Å². The van der Waals surface area contributed by atoms with Crippen LogP contribution in [0.1, 0.15) is 55.7 Å². The van der Waals surface area contributed by atoms with Crippen LogP contribution in [0.4, 0.5) is 0 Å². The number of rotatable bonds is 7. The second-order valence-corrected chi connectivity index (χ2v) is 8.44. The first-order chi connectivity index (χ1) is 14.3. The highest BCUT2D eigenvalue weighted by Crippen LogP contribution is 2.28. The van der Waals surface area contributed by atoms with E-state index in [0.29, 0.717) is 42.5 Å². The van der Waals surface area contributed by atoms with Gasteiger partial charge >= 0.3 is 0 Å². The van der Waals surface area contributed by atoms with Crippen LogP contribution in [0, 0.1) is 5.92 Å². The molecule has 1 aliphatic heterocycles. The third-order valence-corrected chi connectivity index (χ3v) is 5.68. The highest BCUT2D eigenvalue weighted by Gasteiger charge is 2.35. The zero-order valence-electron chi connectivity index (χ0n) is 17.7. The van der Waals surface area contributed by atoms with Gasteiger partial charge in [0.25, 0.3) is 5.91 Å². The first-order valence-corrected chi connectivity index (χ1v) is 10.7. The van der Waals surface area contributed by atoms with E-state index in [-0.39, 0.29) is 30.3 Å². The van der Waals surface area contributed by atoms with Crippen molar-refractivity contribution in [3.63, 3.8) is 0 Å². The third kappa shape index (κ3) is 5.14. The van der Waals surface area contributed by atoms with Crippen molar-refractivity contribution in [2.45, 2.75) is 52.2 Å². The monoisotopic (exact) mass is 432 g/mol. The molecule has 1 saturated heterocycles. The van der Waals surface area contributed by atoms with Crippen molar-refractivity contribution in [2.75, 3.05) is 13.1 Å². The highest BCUT2D eigenvalue weighted by atomic mass is 35.5. The molecule has 162 valence electrons. The van der Waals surface area contributed by atoms with Crippen LogP contribution in [-0.4, -0.2) is 45.7 Å². The lowest BCUT2D eigenvalue weighted by atomic mass is 9.91. The lowest BCUT2D eigenvalue weighted by Gasteiger charge is -2.38. The van der Waals surface area contributed by atoms with Crippen molar-refractivity contribution in [1.82, 2.24) is 14.7 Å². The molecule has 2 aromatic rings. The molecule has 2 amide bonds. The van der Waals surface area contributed by atoms with Gasteiger partial charge in [0.2, 0.25) is 5.91 Å². The van der Waals surface area contributed by atoms with Crippen molar-refractivity contribution in [2.24, 2.45) is 11.7 Å². The predicted octanol–water partition coefficient (Wildman–Crippen LogP) is 3.46. The number of hydrogen-bond acceptors (Lipinski definition) is 4. The van der Waals surface area contributed by atoms with E-state index in [2.05, 4.69) is 18.9 Å². The number of nitrogens with zero attached hydrogens (tertiary/aromatic N) is 3. The molecule has 3 rings (SSSR count). The lowest BCUT2D eigenvalue weighted by Crippen LogP contribution is -2.49. The molecule has 1 fully saturated rings. The lowest BCUT2D eigenvalue weighted by molar-refractivity contribution is -0.120. The molecule has 1 aromatic carbocycles. The van der Waals surface area contributed by atoms with Gasteiger partial charge in [0.05, 0.1) is 5.69 Å². The minimum atomic E-state index is -0.403. The molecule has 2 heterocycles. The molecule has 30 heavy (non-hydrogen) atoms. The normalized spacial score (nSPS) is 19.2. The Labute approximate surface area is 182 Å². The van der Waals surface area contributed by atoms with E-state index in [4.69, 9.17) is 22.1 Å². The van der Waals surface area contributed by atoms with Crippen LogP contribution in [0.15, 0.2) is 30.3 Å². The molecule has 0 spiro atoms. The van der Waals surface area contributed by atoms with E-state index in [9.17, 15) is 9.59 Å². The molecule has 2 N–H and O–H groups in total. The first-order valence-electron chi connectivity index (χ1n) is 10.4. The minimum Gasteiger partial charge on any atom is -0.490 e. The fourth-order valence-electron chi connectivity index (χ4n) is 3.79. The van der Waals surface area contributed by atoms with Gasteiger partial charge in [0, 0.05) is 43.4 Å². The summed E-state index contributed by atoms with van der Waals surface area (Å²) in [5, 5.41) is 5.18. The Balaban J connectivity index is 1.76. The Morgan fingerprint density at radius 1 is 1.30 bits per heavy atom. The van der Waals surface area contributed by atoms with Crippen LogP contribution in [0.5, 0.6) is 5.75 Å². The molecule has 0 unspecified atom stereocenters. The number of benzene rings is 1. The average Bonchev–Trinajstić information content (AvgIpc) is 3.15. The Kier molecular flexibility index (Phi) is 7.02. The molecule has 7 nitrogen and oxygen atoms in total. The summed E-state index contributed by atoms with van der Waals surface area (Å²) in [4.78, 5) is 26.7. The van der Waals surface area contributed by atoms with E-state index in [0.717, 1.165) is 5.69 Å². The van der Waals surface area contributed by atoms with E-state index in [1.807, 2.05) is 13.0 Å². The van der Waals surface area contributed by atoms with Gasteiger partial charge < -0.3 is 15.4 Å². The van der Waals surface area contributed by atoms with Crippen LogP contribution in [-0.2, 0) is 11.3 Å². The number of carbonyl (C=O) groups excluding carboxylic acids is 2. The fourth-order valence-corrected chi connectivity index (χ4v) is 3.91. The van der Waals surface area contributed by atoms with Crippen molar-refractivity contribution < 1.29 is 14.3 Å². The summed E-state index contributed by atoms with van der Waals surface area (Å²) in [6, 6.07) is 8.99. The Morgan fingerprint density at radius 3 is 2.60 bits per heavy atom. The number of piperidine rings is 1. The molecule has 0 bridgehead atoms. The standard InChI is InChI=1S/C22H29ClN4O3/c1-4-27-19(12-18(25-27)14(2)3)22(29)26-10-9-20(15(13-26)11-21(24)28)30-17-7-5-16(23)6-8-17/h5-8,12,14-15,20H,4,9-11,13H2,1-3H3,(H2,24,28)/t15-,20-/m0/s1. The Hall–Kier alpha value is -2.54. The Bertz CT molecular complexity index is 894. The SMILES string of the molecule is CCn1nc(C(C)C)cc1C(=O)N1CC[C@H](Oc2ccc(Cl)cc2)[C@@H](CC(N)=O)C1. The van der Waals surface area contributed by atoms with Gasteiger partial charge in [0.15, 0.2) is 0 Å². The molecule has 8 heteroatoms. The number of likely N-dealkylation sites (tertiary alicyclic amines) is 1. The zero-order valence-corrected chi connectivity index (χ0v) is 18.4. The number of halogens is 1. The minimum absolute atomic E-state index is 0.0735. The molecule has 1 aromatic heterocycles. The second-order valence-electron chi connectivity index (χ2n) is 8.01. The first kappa shape index (κ1) is 22.2. The largest absolute Gasteiger partial charge is 0.490 e. The molecule has 1 aliphatic rings. The van der Waals surface area contributed by atoms with Gasteiger partial charge in [0.1, 0.15) is 17.5 Å². The van der Waals surface area contributed by atoms with Gasteiger partial charge in [-0.3, -0.25) is 14.3 Å². The van der Waals surface area contributed by atoms with E-state index < -0.39 is 5.91 Å². The smallest absolute Gasteiger partial charge is 0.272 e. The van der Waals surface area contributed by atoms with Crippen LogP contribution in [0.2, 0.25) is 5.02 Å². The summed E-state index contributed by atoms with van der Waals surface area (Å²) < 4.78 is 7.86. The van der Waals surface area contributed by atoms with Crippen LogP contribution in [0.25, 0.3) is 0 Å². The molecule has 0 aliphatic carbocycles. The predicted molar refractivity (Wildman–Crippen MR) is 116 cm³/mol. The number of amides is 2. The molecule has 0 saturated carbocycles. The van der Waals surface area contributed by atoms with Gasteiger partial charge in [-0.15, -0.1) is 0 Å². The molecule has 0 radical (unpaired) electrons. The number of primary amides is 1. The van der Waals surface area contributed by atoms with Crippen molar-refractivity contribution >= 4 is 23.4 Å². The number of aromatic nitrogens is 2. The maximum atomic E-state index is 13.2. The number of hydrogen-bond donors (Lipinski definition) is 1. The highest BCUT2D eigenvalue weighted by molar-refractivity contribution is 6.30. The van der Waals surface area contributed by atoms with Crippen LogP contribution < -0.4 is 10.5 Å². The summed E-state index contributed by atoms with van der Waals surface area (Å²) >= 11 is 5.94. The van der Waals surface area contributed by atoms with Gasteiger partial charge in [-0.2, -0.15) is 5.10 Å². The number of nitrogens with two attached hydrogens (primary N) is 1. The summed E-state index contributed by atoms with van der Waals surface area (Å²) in [5.74, 6) is 0.267. The number of carbonyl (C=O) groups is 2. The van der Waals surface area contributed by atoms with Gasteiger partial charge in [-0.25, -0.2) is 0 Å². The Morgan fingerprint density at radius 2 is 2.00 bits per heavy atom. The molecular formula is C22H29ClN4O3.